The molecule has 0 aromatic rings. The predicted molar refractivity (Wildman–Crippen MR) is 216 cm³/mol. The van der Waals surface area contributed by atoms with Crippen LogP contribution in [0.25, 0.3) is 0 Å². The maximum absolute atomic E-state index is 14.7. The van der Waals surface area contributed by atoms with Crippen LogP contribution < -0.4 is 0 Å². The smallest absolute Gasteiger partial charge is 0.311 e. The number of carbonyl (C=O) groups excluding carboxylic acids is 5. The van der Waals surface area contributed by atoms with Gasteiger partial charge in [0.25, 0.3) is 0 Å². The van der Waals surface area contributed by atoms with Crippen molar-refractivity contribution in [1.29, 1.82) is 0 Å². The van der Waals surface area contributed by atoms with E-state index in [1.807, 2.05) is 67.5 Å². The number of cyclic esters (lactones) is 1. The summed E-state index contributed by atoms with van der Waals surface area (Å²) in [5.41, 5.74) is -3.32. The van der Waals surface area contributed by atoms with Crippen LogP contribution in [0.4, 0.5) is 0 Å². The standard InChI is InChI=1S/C44H73NO15/c1-17-31-42(10)20-32(48)58-37(42)24(4)34(49)22(2)19-43(11,51-15)38(60-41-36(55-28(8)46)30(45(13)14)18-23(3)53-41)25(5)35(26(6)40(50)57-31)59-33-21-44(12,52-16)39(27(7)54-33)56-29(9)47/h22-27,30-31,33,35-39,41H,17-21H2,1-16H3/t22-,23-,24+,25+,26-,27+,30+,31-,33+,35+,36-,37-,38?,39+,41+,42-,43-,44-/m1/s1. The molecule has 16 nitrogen and oxygen atoms in total. The zero-order valence-electron chi connectivity index (χ0n) is 38.8. The van der Waals surface area contributed by atoms with Gasteiger partial charge in [-0.1, -0.05) is 34.6 Å². The third-order valence-corrected chi connectivity index (χ3v) is 13.7. The Bertz CT molecular complexity index is 1540. The normalized spacial score (nSPS) is 44.6. The number of ketones is 1. The lowest BCUT2D eigenvalue weighted by molar-refractivity contribution is -0.320. The first-order valence-electron chi connectivity index (χ1n) is 21.5. The zero-order chi connectivity index (χ0) is 45.2. The van der Waals surface area contributed by atoms with Crippen LogP contribution in [0.15, 0.2) is 0 Å². The third-order valence-electron chi connectivity index (χ3n) is 13.7. The lowest BCUT2D eigenvalue weighted by Crippen LogP contribution is -2.62. The molecule has 4 aliphatic heterocycles. The summed E-state index contributed by atoms with van der Waals surface area (Å²) in [5.74, 6) is -5.34. The number of rotatable bonds is 10. The van der Waals surface area contributed by atoms with E-state index in [0.717, 1.165) is 0 Å². The molecule has 0 aromatic carbocycles. The first-order valence-corrected chi connectivity index (χ1v) is 21.5. The van der Waals surface area contributed by atoms with Crippen molar-refractivity contribution in [3.63, 3.8) is 0 Å². The van der Waals surface area contributed by atoms with Crippen molar-refractivity contribution in [3.05, 3.63) is 0 Å². The lowest BCUT2D eigenvalue weighted by atomic mass is 9.69. The Balaban J connectivity index is 1.91. The van der Waals surface area contributed by atoms with Crippen LogP contribution in [-0.2, 0) is 71.3 Å². The minimum absolute atomic E-state index is 0.0317. The van der Waals surface area contributed by atoms with Gasteiger partial charge in [-0.25, -0.2) is 0 Å². The van der Waals surface area contributed by atoms with E-state index in [1.165, 1.54) is 28.1 Å². The van der Waals surface area contributed by atoms with Crippen LogP contribution >= 0.6 is 0 Å². The summed E-state index contributed by atoms with van der Waals surface area (Å²) in [6.45, 7) is 20.8. The number of likely N-dealkylation sites (N-methyl/N-ethyl adjacent to an activating group) is 1. The van der Waals surface area contributed by atoms with Gasteiger partial charge in [-0.05, 0) is 68.0 Å². The molecule has 60 heavy (non-hydrogen) atoms. The molecule has 4 fully saturated rings. The number of hydrogen-bond acceptors (Lipinski definition) is 16. The summed E-state index contributed by atoms with van der Waals surface area (Å²) < 4.78 is 63.1. The highest BCUT2D eigenvalue weighted by molar-refractivity contribution is 5.85. The fourth-order valence-corrected chi connectivity index (χ4v) is 10.3. The van der Waals surface area contributed by atoms with E-state index in [-0.39, 0.29) is 37.2 Å². The Morgan fingerprint density at radius 1 is 0.783 bits per heavy atom. The van der Waals surface area contributed by atoms with E-state index in [1.54, 1.807) is 20.8 Å². The van der Waals surface area contributed by atoms with Gasteiger partial charge >= 0.3 is 23.9 Å². The van der Waals surface area contributed by atoms with Crippen molar-refractivity contribution >= 4 is 29.7 Å². The zero-order valence-corrected chi connectivity index (χ0v) is 38.8. The van der Waals surface area contributed by atoms with Gasteiger partial charge < -0.3 is 52.3 Å². The summed E-state index contributed by atoms with van der Waals surface area (Å²) in [7, 11) is 6.84. The van der Waals surface area contributed by atoms with Crippen molar-refractivity contribution in [2.75, 3.05) is 28.3 Å². The van der Waals surface area contributed by atoms with Gasteiger partial charge in [0.2, 0.25) is 0 Å². The Labute approximate surface area is 356 Å². The first kappa shape index (κ1) is 49.9. The van der Waals surface area contributed by atoms with Crippen molar-refractivity contribution in [2.24, 2.45) is 29.1 Å². The summed E-state index contributed by atoms with van der Waals surface area (Å²) in [5, 5.41) is 0. The van der Waals surface area contributed by atoms with Gasteiger partial charge in [0.05, 0.1) is 59.7 Å². The lowest BCUT2D eigenvalue weighted by Gasteiger charge is -2.50. The molecule has 344 valence electrons. The van der Waals surface area contributed by atoms with Gasteiger partial charge in [-0.2, -0.15) is 0 Å². The average molecular weight is 856 g/mol. The van der Waals surface area contributed by atoms with Crippen LogP contribution in [0, 0.1) is 29.1 Å². The molecule has 0 bridgehead atoms. The SMILES string of the molecule is CC[C@H]1OC(=O)[C@H](C)[C@@H](O[C@H]2C[C@@](C)(OC)[C@@H](OC(C)=O)[C@H](C)O2)[C@H](C)C(O[C@@H]2O[C@H](C)C[C@H](N(C)C)[C@H]2OC(C)=O)[C@](C)(OC)C[C@@H](C)C(=O)[C@H](C)[C@H]2OC(=O)C[C@@]21C. The fraction of sp³-hybridized carbons (Fsp3) is 0.886. The molecule has 1 unspecified atom stereocenters. The van der Waals surface area contributed by atoms with Crippen molar-refractivity contribution in [2.45, 2.75) is 194 Å². The van der Waals surface area contributed by atoms with Crippen LogP contribution in [0.5, 0.6) is 0 Å². The molecule has 0 N–H and O–H groups in total. The first-order chi connectivity index (χ1) is 27.9. The molecule has 0 saturated carbocycles. The predicted octanol–water partition coefficient (Wildman–Crippen LogP) is 4.79. The highest BCUT2D eigenvalue weighted by Crippen LogP contribution is 2.47. The number of ether oxygens (including phenoxy) is 10. The van der Waals surface area contributed by atoms with Gasteiger partial charge in [0, 0.05) is 46.3 Å². The molecule has 0 aliphatic carbocycles. The van der Waals surface area contributed by atoms with Gasteiger partial charge in [0.15, 0.2) is 24.8 Å². The minimum atomic E-state index is -1.27. The Morgan fingerprint density at radius 2 is 1.38 bits per heavy atom. The monoisotopic (exact) mass is 855 g/mol. The van der Waals surface area contributed by atoms with Crippen LogP contribution in [0.2, 0.25) is 0 Å². The van der Waals surface area contributed by atoms with Crippen molar-refractivity contribution < 1.29 is 71.3 Å². The second-order valence-electron chi connectivity index (χ2n) is 18.7. The highest BCUT2D eigenvalue weighted by atomic mass is 16.7. The van der Waals surface area contributed by atoms with Gasteiger partial charge in [-0.15, -0.1) is 0 Å². The summed E-state index contributed by atoms with van der Waals surface area (Å²) >= 11 is 0. The second-order valence-corrected chi connectivity index (χ2v) is 18.7. The molecule has 0 spiro atoms. The van der Waals surface area contributed by atoms with E-state index in [9.17, 15) is 24.0 Å². The molecule has 16 heteroatoms. The number of esters is 4. The number of nitrogens with zero attached hydrogens (tertiary/aromatic N) is 1. The maximum atomic E-state index is 14.7. The molecule has 18 atom stereocenters. The van der Waals surface area contributed by atoms with Crippen LogP contribution in [-0.4, -0.2) is 142 Å². The number of hydrogen-bond donors (Lipinski definition) is 0. The summed E-state index contributed by atoms with van der Waals surface area (Å²) in [6.07, 6.45) is -7.22. The largest absolute Gasteiger partial charge is 0.461 e. The van der Waals surface area contributed by atoms with E-state index < -0.39 is 119 Å². The van der Waals surface area contributed by atoms with E-state index in [2.05, 4.69) is 0 Å². The molecular formula is C44H73NO15. The Hall–Kier alpha value is -2.73. The molecule has 0 aromatic heterocycles. The third kappa shape index (κ3) is 10.5. The maximum Gasteiger partial charge on any atom is 0.311 e. The molecule has 0 amide bonds. The average Bonchev–Trinajstić information content (AvgIpc) is 3.48. The molecule has 4 aliphatic rings. The molecule has 4 heterocycles. The minimum Gasteiger partial charge on any atom is -0.461 e. The van der Waals surface area contributed by atoms with Crippen molar-refractivity contribution in [3.8, 4) is 0 Å². The molecule has 4 saturated heterocycles. The van der Waals surface area contributed by atoms with Crippen LogP contribution in [0.3, 0.4) is 0 Å². The number of carbonyl (C=O) groups is 5. The Kier molecular flexibility index (Phi) is 16.4. The fourth-order valence-electron chi connectivity index (χ4n) is 10.3. The van der Waals surface area contributed by atoms with Gasteiger partial charge in [-0.3, -0.25) is 24.0 Å². The molecule has 4 rings (SSSR count). The highest BCUT2D eigenvalue weighted by Gasteiger charge is 2.58. The summed E-state index contributed by atoms with van der Waals surface area (Å²) in [6, 6.07) is -0.281. The molecular weight excluding hydrogens is 782 g/mol. The number of Topliss-reactive ketones (excluding diaryl/α,β-unsaturated/α-hetero) is 1. The second kappa shape index (κ2) is 19.8. The quantitative estimate of drug-likeness (QED) is 0.216. The number of fused-ring (bicyclic) bond motifs is 1. The topological polar surface area (TPSA) is 181 Å². The van der Waals surface area contributed by atoms with Crippen molar-refractivity contribution in [1.82, 2.24) is 4.90 Å². The van der Waals surface area contributed by atoms with Crippen LogP contribution in [0.1, 0.15) is 115 Å². The number of methoxy groups -OCH3 is 2. The van der Waals surface area contributed by atoms with E-state index in [0.29, 0.717) is 12.8 Å². The van der Waals surface area contributed by atoms with E-state index >= 15 is 0 Å². The Morgan fingerprint density at radius 3 is 1.93 bits per heavy atom. The van der Waals surface area contributed by atoms with Gasteiger partial charge in [0.1, 0.15) is 23.6 Å². The molecule has 0 radical (unpaired) electrons. The summed E-state index contributed by atoms with van der Waals surface area (Å²) in [4.78, 5) is 68.9. The van der Waals surface area contributed by atoms with E-state index in [4.69, 9.17) is 47.4 Å².